The lowest BCUT2D eigenvalue weighted by Crippen LogP contribution is -2.33. The van der Waals surface area contributed by atoms with Crippen molar-refractivity contribution in [2.45, 2.75) is 46.4 Å². The minimum Gasteiger partial charge on any atom is -0.574 e. The number of benzene rings is 1. The molecule has 0 spiro atoms. The maximum absolute atomic E-state index is 11.9. The first kappa shape index (κ1) is 24.2. The Labute approximate surface area is 180 Å². The van der Waals surface area contributed by atoms with Crippen LogP contribution in [0.15, 0.2) is 35.3 Å². The van der Waals surface area contributed by atoms with Crippen molar-refractivity contribution in [1.82, 2.24) is 10.4 Å². The van der Waals surface area contributed by atoms with Crippen molar-refractivity contribution in [2.24, 2.45) is 4.85 Å². The van der Waals surface area contributed by atoms with Crippen LogP contribution in [-0.2, 0) is 16.1 Å². The number of carbonyl (C=O) groups is 2. The van der Waals surface area contributed by atoms with Crippen molar-refractivity contribution >= 4 is 20.4 Å². The Morgan fingerprint density at radius 1 is 1.29 bits per heavy atom. The van der Waals surface area contributed by atoms with Crippen LogP contribution in [0, 0.1) is 6.92 Å². The Balaban J connectivity index is 1.91. The van der Waals surface area contributed by atoms with E-state index < -0.39 is 20.2 Å². The van der Waals surface area contributed by atoms with Crippen LogP contribution >= 0.6 is 8.17 Å². The second kappa shape index (κ2) is 11.4. The summed E-state index contributed by atoms with van der Waals surface area (Å²) in [5, 5.41) is 9.91. The zero-order valence-corrected chi connectivity index (χ0v) is 18.5. The molecule has 1 aromatic carbocycles. The molecule has 2 rings (SSSR count). The number of aromatic nitrogens is 1. The molecular formula is C20H24N3O7P. The van der Waals surface area contributed by atoms with E-state index in [1.54, 1.807) is 32.9 Å². The zero-order valence-electron chi connectivity index (χ0n) is 17.6. The number of hydrogen-bond donors (Lipinski definition) is 2. The van der Waals surface area contributed by atoms with E-state index in [0.717, 1.165) is 0 Å². The van der Waals surface area contributed by atoms with Crippen molar-refractivity contribution < 1.29 is 33.6 Å². The van der Waals surface area contributed by atoms with E-state index in [4.69, 9.17) is 14.0 Å². The molecule has 1 aromatic heterocycles. The van der Waals surface area contributed by atoms with E-state index in [2.05, 4.69) is 15.3 Å². The number of hydrogen-bond acceptors (Lipinski definition) is 9. The van der Waals surface area contributed by atoms with Crippen molar-refractivity contribution in [1.29, 1.82) is 0 Å². The summed E-state index contributed by atoms with van der Waals surface area (Å²) in [4.78, 5) is 42.5. The zero-order chi connectivity index (χ0) is 23.0. The van der Waals surface area contributed by atoms with Crippen LogP contribution < -0.4 is 19.6 Å². The summed E-state index contributed by atoms with van der Waals surface area (Å²) in [5.41, 5.74) is 3.36. The Bertz CT molecular complexity index is 949. The quantitative estimate of drug-likeness (QED) is 0.242. The highest BCUT2D eigenvalue weighted by Crippen LogP contribution is 2.26. The lowest BCUT2D eigenvalue weighted by atomic mass is 10.1. The Kier molecular flexibility index (Phi) is 8.87. The topological polar surface area (TPSA) is 142 Å². The Morgan fingerprint density at radius 3 is 2.55 bits per heavy atom. The first-order valence-corrected chi connectivity index (χ1v) is 10.5. The highest BCUT2D eigenvalue weighted by molar-refractivity contribution is 7.33. The van der Waals surface area contributed by atoms with Crippen LogP contribution in [-0.4, -0.2) is 34.5 Å². The van der Waals surface area contributed by atoms with Gasteiger partial charge in [-0.2, -0.15) is 5.43 Å². The number of rotatable bonds is 10. The molecule has 0 fully saturated rings. The van der Waals surface area contributed by atoms with E-state index >= 15 is 0 Å². The predicted octanol–water partition coefficient (Wildman–Crippen LogP) is 2.57. The number of aldehydes is 1. The third-order valence-electron chi connectivity index (χ3n) is 3.92. The fourth-order valence-electron chi connectivity index (χ4n) is 2.29. The van der Waals surface area contributed by atoms with Crippen LogP contribution in [0.5, 0.6) is 17.2 Å². The first-order chi connectivity index (χ1) is 14.7. The van der Waals surface area contributed by atoms with Crippen molar-refractivity contribution in [3.05, 3.63) is 47.3 Å². The molecule has 0 aliphatic heterocycles. The fraction of sp³-hybridized carbons (Fsp3) is 0.350. The average molecular weight is 449 g/mol. The molecule has 0 aliphatic rings. The van der Waals surface area contributed by atoms with Gasteiger partial charge < -0.3 is 19.5 Å². The van der Waals surface area contributed by atoms with Gasteiger partial charge in [-0.25, -0.2) is 0 Å². The van der Waals surface area contributed by atoms with E-state index in [9.17, 15) is 19.6 Å². The monoisotopic (exact) mass is 449 g/mol. The molecule has 31 heavy (non-hydrogen) atoms. The van der Waals surface area contributed by atoms with Crippen molar-refractivity contribution in [2.75, 3.05) is 0 Å². The maximum atomic E-state index is 11.9. The fourth-order valence-corrected chi connectivity index (χ4v) is 2.90. The number of aryl methyl sites for hydroxylation is 1. The van der Waals surface area contributed by atoms with Gasteiger partial charge in [0.1, 0.15) is 24.1 Å². The highest BCUT2D eigenvalue weighted by atomic mass is 31.1. The van der Waals surface area contributed by atoms with E-state index in [0.29, 0.717) is 23.3 Å². The van der Waals surface area contributed by atoms with E-state index in [1.165, 1.54) is 25.3 Å². The third kappa shape index (κ3) is 7.29. The molecule has 0 saturated carbocycles. The average Bonchev–Trinajstić information content (AvgIpc) is 2.73. The molecule has 0 aliphatic carbocycles. The number of pyridine rings is 1. The number of ether oxygens (including phenoxy) is 2. The molecule has 0 saturated heterocycles. The number of esters is 1. The minimum absolute atomic E-state index is 0.0208. The van der Waals surface area contributed by atoms with Crippen LogP contribution in [0.25, 0.3) is 0 Å². The van der Waals surface area contributed by atoms with Gasteiger partial charge in [0.05, 0.1) is 17.4 Å². The van der Waals surface area contributed by atoms with Crippen LogP contribution in [0.2, 0.25) is 0 Å². The molecule has 0 radical (unpaired) electrons. The molecule has 2 aromatic rings. The standard InChI is InChI=1S/C20H24N3O7P/c1-12(2)29-20(26)14(4)22-23-31(27)30-17-7-5-16(6-8-17)28-11-15-9-21-13(3)19(25)18(15)10-24/h5-10,12,14,22,25H,11H2,1-4H3/t14-/m0/s1. The first-order valence-electron chi connectivity index (χ1n) is 9.38. The van der Waals surface area contributed by atoms with Gasteiger partial charge >= 0.3 is 14.1 Å². The summed E-state index contributed by atoms with van der Waals surface area (Å²) in [6.07, 6.45) is 1.75. The van der Waals surface area contributed by atoms with Crippen molar-refractivity contribution in [3.8, 4) is 17.2 Å². The molecule has 10 nitrogen and oxygen atoms in total. The van der Waals surface area contributed by atoms with Gasteiger partial charge in [0.2, 0.25) is 0 Å². The van der Waals surface area contributed by atoms with Gasteiger partial charge in [0.25, 0.3) is 0 Å². The van der Waals surface area contributed by atoms with Gasteiger partial charge in [0.15, 0.2) is 12.0 Å². The normalized spacial score (nSPS) is 12.4. The van der Waals surface area contributed by atoms with E-state index in [-0.39, 0.29) is 29.8 Å². The number of carbonyl (C=O) groups excluding carboxylic acids is 2. The van der Waals surface area contributed by atoms with Gasteiger partial charge in [-0.3, -0.25) is 19.1 Å². The molecule has 0 amide bonds. The summed E-state index contributed by atoms with van der Waals surface area (Å²) in [5.74, 6) is 0.0468. The number of nitrogens with zero attached hydrogens (tertiary/aromatic N) is 2. The molecule has 11 heteroatoms. The largest absolute Gasteiger partial charge is 0.574 e. The lowest BCUT2D eigenvalue weighted by molar-refractivity contribution is -0.169. The summed E-state index contributed by atoms with van der Waals surface area (Å²) < 4.78 is 15.8. The van der Waals surface area contributed by atoms with Gasteiger partial charge in [-0.15, -0.1) is 0 Å². The predicted molar refractivity (Wildman–Crippen MR) is 111 cm³/mol. The molecule has 1 unspecified atom stereocenters. The van der Waals surface area contributed by atoms with Crippen LogP contribution in [0.3, 0.4) is 0 Å². The number of aromatic hydroxyl groups is 1. The Hall–Kier alpha value is -3.07. The van der Waals surface area contributed by atoms with Gasteiger partial charge in [0, 0.05) is 16.6 Å². The SMILES string of the molecule is Cc1ncc(COc2ccc(O/[P+]([O-])=N/N[C@@H](C)C(=O)OC(C)C)cc2)c(C=O)c1O. The molecule has 166 valence electrons. The number of nitrogens with one attached hydrogen (secondary N) is 1. The van der Waals surface area contributed by atoms with Gasteiger partial charge in [-0.05, 0) is 52.0 Å². The molecule has 0 bridgehead atoms. The molecule has 2 atom stereocenters. The molecular weight excluding hydrogens is 425 g/mol. The van der Waals surface area contributed by atoms with Crippen molar-refractivity contribution in [3.63, 3.8) is 0 Å². The summed E-state index contributed by atoms with van der Waals surface area (Å²) in [6, 6.07) is 5.44. The summed E-state index contributed by atoms with van der Waals surface area (Å²) in [6.45, 7) is 6.59. The lowest BCUT2D eigenvalue weighted by Gasteiger charge is -2.11. The van der Waals surface area contributed by atoms with E-state index in [1.807, 2.05) is 0 Å². The third-order valence-corrected chi connectivity index (χ3v) is 4.56. The molecule has 1 heterocycles. The second-order valence-electron chi connectivity index (χ2n) is 6.77. The smallest absolute Gasteiger partial charge is 0.412 e. The molecule has 2 N–H and O–H groups in total. The minimum atomic E-state index is -2.46. The summed E-state index contributed by atoms with van der Waals surface area (Å²) >= 11 is 0. The second-order valence-corrected chi connectivity index (χ2v) is 7.63. The van der Waals surface area contributed by atoms with Crippen LogP contribution in [0.4, 0.5) is 0 Å². The maximum Gasteiger partial charge on any atom is 0.412 e. The Morgan fingerprint density at radius 2 is 1.94 bits per heavy atom. The van der Waals surface area contributed by atoms with Gasteiger partial charge in [-0.1, -0.05) is 0 Å². The highest BCUT2D eigenvalue weighted by Gasteiger charge is 2.17. The van der Waals surface area contributed by atoms with Crippen LogP contribution in [0.1, 0.15) is 42.4 Å². The summed E-state index contributed by atoms with van der Waals surface area (Å²) in [7, 11) is -2.46.